The molecule has 0 spiro atoms. The van der Waals surface area contributed by atoms with Crippen molar-refractivity contribution >= 4 is 21.4 Å². The normalized spacial score (nSPS) is 18.5. The van der Waals surface area contributed by atoms with Crippen LogP contribution < -0.4 is 4.90 Å². The van der Waals surface area contributed by atoms with E-state index in [1.165, 1.54) is 31.3 Å². The molecule has 1 fully saturated rings. The van der Waals surface area contributed by atoms with Crippen LogP contribution in [0.4, 0.5) is 32.0 Å². The zero-order valence-corrected chi connectivity index (χ0v) is 22.1. The van der Waals surface area contributed by atoms with Crippen LogP contribution in [0.5, 0.6) is 0 Å². The number of halogens is 6. The molecule has 1 N–H and O–H groups in total. The molecule has 0 radical (unpaired) electrons. The first-order valence-electron chi connectivity index (χ1n) is 11.9. The third-order valence-electron chi connectivity index (χ3n) is 6.67. The van der Waals surface area contributed by atoms with Gasteiger partial charge in [-0.25, -0.2) is 8.42 Å². The Hall–Kier alpha value is -2.60. The molecule has 0 unspecified atom stereocenters. The highest BCUT2D eigenvalue weighted by Gasteiger charge is 2.79. The van der Waals surface area contributed by atoms with E-state index in [4.69, 9.17) is 0 Å². The lowest BCUT2D eigenvalue weighted by atomic mass is 9.91. The number of carbonyl (C=O) groups is 1. The molecule has 12 heteroatoms. The molecule has 0 heterocycles. The fraction of sp³-hybridized carbons (Fsp3) is 0.500. The van der Waals surface area contributed by atoms with E-state index in [0.29, 0.717) is 23.6 Å². The second-order valence-electron chi connectivity index (χ2n) is 10.0. The van der Waals surface area contributed by atoms with Gasteiger partial charge < -0.3 is 9.64 Å². The van der Waals surface area contributed by atoms with E-state index < -0.39 is 45.4 Å². The molecule has 210 valence electrons. The van der Waals surface area contributed by atoms with Crippen molar-refractivity contribution in [2.75, 3.05) is 17.7 Å². The molecule has 3 rings (SSSR count). The van der Waals surface area contributed by atoms with E-state index in [-0.39, 0.29) is 28.7 Å². The summed E-state index contributed by atoms with van der Waals surface area (Å²) in [4.78, 5) is 14.0. The lowest BCUT2D eigenvalue weighted by Crippen LogP contribution is -2.59. The fourth-order valence-electron chi connectivity index (χ4n) is 4.28. The summed E-state index contributed by atoms with van der Waals surface area (Å²) in [6, 6.07) is 9.21. The van der Waals surface area contributed by atoms with Crippen molar-refractivity contribution in [3.8, 4) is 0 Å². The molecule has 2 aromatic carbocycles. The third-order valence-corrected chi connectivity index (χ3v) is 8.52. The molecule has 2 atom stereocenters. The number of aliphatic hydroxyl groups is 2. The number of amides is 1. The van der Waals surface area contributed by atoms with Gasteiger partial charge in [0.25, 0.3) is 0 Å². The van der Waals surface area contributed by atoms with Crippen molar-refractivity contribution in [3.63, 3.8) is 0 Å². The summed E-state index contributed by atoms with van der Waals surface area (Å²) in [5.41, 5.74) is -4.93. The minimum Gasteiger partial charge on any atom is -0.410 e. The Bertz CT molecular complexity index is 1220. The second kappa shape index (κ2) is 10.5. The summed E-state index contributed by atoms with van der Waals surface area (Å²) in [5.74, 6) is 0.108. The number of likely N-dealkylation sites (N-methyl/N-ethyl adjacent to an activating group) is 1. The Kier molecular flexibility index (Phi) is 8.29. The number of anilines is 1. The lowest BCUT2D eigenvalue weighted by Gasteiger charge is -2.34. The second-order valence-corrected chi connectivity index (χ2v) is 12.0. The van der Waals surface area contributed by atoms with Gasteiger partial charge in [0.05, 0.1) is 22.6 Å². The summed E-state index contributed by atoms with van der Waals surface area (Å²) >= 11 is 0. The number of hydrogen-bond donors (Lipinski definition) is 0. The molecule has 1 aliphatic rings. The Morgan fingerprint density at radius 3 is 1.89 bits per heavy atom. The predicted molar refractivity (Wildman–Crippen MR) is 130 cm³/mol. The van der Waals surface area contributed by atoms with Crippen molar-refractivity contribution in [1.82, 2.24) is 0 Å². The summed E-state index contributed by atoms with van der Waals surface area (Å²) in [6.45, 7) is 4.24. The van der Waals surface area contributed by atoms with Gasteiger partial charge in [-0.15, -0.1) is 0 Å². The Morgan fingerprint density at radius 2 is 1.47 bits per heavy atom. The van der Waals surface area contributed by atoms with Crippen LogP contribution in [0.3, 0.4) is 0 Å². The SMILES string of the molecule is CC(C)[OH+]C(c1ccc(N(C)C(=O)Cc2ccc(S(=O)(=O)C[C@H]3C[C@@H]3C)cc2)cc1)(C(F)(F)F)C(F)(F)F. The van der Waals surface area contributed by atoms with E-state index in [1.54, 1.807) is 0 Å². The zero-order valence-electron chi connectivity index (χ0n) is 21.3. The fourth-order valence-corrected chi connectivity index (χ4v) is 6.06. The minimum atomic E-state index is -5.74. The van der Waals surface area contributed by atoms with Crippen LogP contribution in [-0.2, 0) is 26.7 Å². The molecule has 1 aliphatic carbocycles. The van der Waals surface area contributed by atoms with Gasteiger partial charge in [0.15, 0.2) is 9.84 Å². The number of hydrogen-bond acceptors (Lipinski definition) is 3. The van der Waals surface area contributed by atoms with Gasteiger partial charge in [-0.05, 0) is 60.2 Å². The van der Waals surface area contributed by atoms with Gasteiger partial charge in [0, 0.05) is 26.6 Å². The average molecular weight is 567 g/mol. The van der Waals surface area contributed by atoms with Gasteiger partial charge in [-0.3, -0.25) is 4.79 Å². The van der Waals surface area contributed by atoms with Crippen LogP contribution >= 0.6 is 0 Å². The minimum absolute atomic E-state index is 0.0690. The largest absolute Gasteiger partial charge is 0.480 e. The molecule has 2 aromatic rings. The van der Waals surface area contributed by atoms with Crippen LogP contribution in [-0.4, -0.2) is 50.3 Å². The van der Waals surface area contributed by atoms with E-state index in [1.807, 2.05) is 6.92 Å². The number of carbonyl (C=O) groups excluding carboxylic acids is 1. The predicted octanol–water partition coefficient (Wildman–Crippen LogP) is 5.58. The molecule has 38 heavy (non-hydrogen) atoms. The topological polar surface area (TPSA) is 67.2 Å². The highest BCUT2D eigenvalue weighted by Crippen LogP contribution is 2.52. The van der Waals surface area contributed by atoms with Crippen molar-refractivity contribution in [1.29, 1.82) is 0 Å². The van der Waals surface area contributed by atoms with E-state index in [0.717, 1.165) is 37.3 Å². The van der Waals surface area contributed by atoms with Gasteiger partial charge in [-0.2, -0.15) is 26.3 Å². The molecular weight excluding hydrogens is 536 g/mol. The monoisotopic (exact) mass is 566 g/mol. The van der Waals surface area contributed by atoms with Gasteiger partial charge >= 0.3 is 18.0 Å². The summed E-state index contributed by atoms with van der Waals surface area (Å²) in [6.07, 6.45) is -12.0. The number of alkyl halides is 6. The highest BCUT2D eigenvalue weighted by molar-refractivity contribution is 7.91. The number of benzene rings is 2. The molecule has 5 nitrogen and oxygen atoms in total. The van der Waals surface area contributed by atoms with Crippen molar-refractivity contribution in [2.24, 2.45) is 11.8 Å². The molecule has 0 aliphatic heterocycles. The van der Waals surface area contributed by atoms with Crippen molar-refractivity contribution in [2.45, 2.75) is 62.6 Å². The van der Waals surface area contributed by atoms with Crippen LogP contribution in [0.1, 0.15) is 38.3 Å². The Labute approximate surface area is 217 Å². The van der Waals surface area contributed by atoms with Crippen LogP contribution in [0.15, 0.2) is 53.4 Å². The van der Waals surface area contributed by atoms with Gasteiger partial charge in [0.1, 0.15) is 6.10 Å². The number of sulfone groups is 1. The van der Waals surface area contributed by atoms with E-state index in [2.05, 4.69) is 4.74 Å². The lowest BCUT2D eigenvalue weighted by molar-refractivity contribution is -0.447. The smallest absolute Gasteiger partial charge is 0.410 e. The Balaban J connectivity index is 1.77. The average Bonchev–Trinajstić information content (AvgIpc) is 3.48. The van der Waals surface area contributed by atoms with E-state index in [9.17, 15) is 39.6 Å². The highest BCUT2D eigenvalue weighted by atomic mass is 32.2. The first-order chi connectivity index (χ1) is 17.4. The summed E-state index contributed by atoms with van der Waals surface area (Å²) < 4.78 is 111. The summed E-state index contributed by atoms with van der Waals surface area (Å²) in [7, 11) is -2.10. The molecule has 0 aromatic heterocycles. The van der Waals surface area contributed by atoms with Gasteiger partial charge in [-0.1, -0.05) is 19.1 Å². The Morgan fingerprint density at radius 1 is 0.974 bits per heavy atom. The number of nitrogens with zero attached hydrogens (tertiary/aromatic N) is 1. The first kappa shape index (κ1) is 29.9. The van der Waals surface area contributed by atoms with Crippen molar-refractivity contribution < 1.29 is 44.3 Å². The molecule has 1 saturated carbocycles. The van der Waals surface area contributed by atoms with Crippen LogP contribution in [0.2, 0.25) is 0 Å². The quantitative estimate of drug-likeness (QED) is 0.294. The molecule has 0 saturated heterocycles. The van der Waals surface area contributed by atoms with Crippen molar-refractivity contribution in [3.05, 3.63) is 59.7 Å². The summed E-state index contributed by atoms with van der Waals surface area (Å²) in [5, 5.41) is 0. The van der Waals surface area contributed by atoms with E-state index >= 15 is 0 Å². The number of rotatable bonds is 9. The molecule has 1 amide bonds. The number of ether oxygens (including phenoxy) is 1. The van der Waals surface area contributed by atoms with Crippen LogP contribution in [0.25, 0.3) is 0 Å². The molecular formula is C26H30F6NO4S+. The first-order valence-corrected chi connectivity index (χ1v) is 13.6. The van der Waals surface area contributed by atoms with Gasteiger partial charge in [0.2, 0.25) is 5.91 Å². The standard InChI is InChI=1S/C26H29F6NO4S/c1-16(2)37-24(25(27,28)29,26(30,31)32)20-7-9-21(10-8-20)33(4)23(34)14-18-5-11-22(12-6-18)38(35,36)15-19-13-17(19)3/h5-12,16-17,19H,13-15H2,1-4H3/p+1/t17-,19+/m0/s1. The maximum Gasteiger partial charge on any atom is 0.480 e. The zero-order chi connectivity index (χ0) is 28.7. The maximum atomic E-state index is 13.8. The maximum absolute atomic E-state index is 13.8. The van der Waals surface area contributed by atoms with Crippen LogP contribution in [0, 0.1) is 11.8 Å². The molecule has 0 bridgehead atoms. The third kappa shape index (κ3) is 6.17.